The van der Waals surface area contributed by atoms with Gasteiger partial charge in [0.2, 0.25) is 0 Å². The van der Waals surface area contributed by atoms with E-state index in [2.05, 4.69) is 37.4 Å². The molecule has 1 saturated carbocycles. The largest absolute Gasteiger partial charge is 0.496 e. The van der Waals surface area contributed by atoms with Crippen molar-refractivity contribution in [2.45, 2.75) is 39.2 Å². The Kier molecular flexibility index (Phi) is 4.06. The van der Waals surface area contributed by atoms with Crippen LogP contribution in [0.2, 0.25) is 0 Å². The molecule has 0 heterocycles. The van der Waals surface area contributed by atoms with Gasteiger partial charge in [-0.25, -0.2) is 0 Å². The molecule has 2 nitrogen and oxygen atoms in total. The minimum absolute atomic E-state index is 0.659. The van der Waals surface area contributed by atoms with Crippen molar-refractivity contribution >= 4 is 0 Å². The normalized spacial score (nSPS) is 16.9. The fraction of sp³-hybridized carbons (Fsp3) is 0.600. The summed E-state index contributed by atoms with van der Waals surface area (Å²) in [6.07, 6.45) is 3.81. The molecule has 1 aliphatic rings. The third-order valence-electron chi connectivity index (χ3n) is 3.34. The first-order chi connectivity index (χ1) is 8.19. The summed E-state index contributed by atoms with van der Waals surface area (Å²) in [6.45, 7) is 5.55. The Balaban J connectivity index is 1.92. The maximum atomic E-state index is 5.42. The lowest BCUT2D eigenvalue weighted by Crippen LogP contribution is -2.24. The molecule has 0 spiro atoms. The van der Waals surface area contributed by atoms with Crippen molar-refractivity contribution in [3.8, 4) is 5.75 Å². The van der Waals surface area contributed by atoms with E-state index in [0.29, 0.717) is 5.92 Å². The highest BCUT2D eigenvalue weighted by atomic mass is 16.5. The molecule has 17 heavy (non-hydrogen) atoms. The van der Waals surface area contributed by atoms with Gasteiger partial charge in [-0.1, -0.05) is 24.6 Å². The molecule has 0 aromatic heterocycles. The Morgan fingerprint density at radius 3 is 2.82 bits per heavy atom. The van der Waals surface area contributed by atoms with E-state index in [4.69, 9.17) is 4.74 Å². The van der Waals surface area contributed by atoms with Crippen molar-refractivity contribution in [1.29, 1.82) is 0 Å². The van der Waals surface area contributed by atoms with Gasteiger partial charge in [-0.05, 0) is 50.3 Å². The Hall–Kier alpha value is -1.02. The number of rotatable bonds is 6. The van der Waals surface area contributed by atoms with Gasteiger partial charge in [-0.3, -0.25) is 0 Å². The smallest absolute Gasteiger partial charge is 0.122 e. The highest BCUT2D eigenvalue weighted by molar-refractivity contribution is 5.37. The highest BCUT2D eigenvalue weighted by Gasteiger charge is 2.21. The van der Waals surface area contributed by atoms with Gasteiger partial charge in [-0.2, -0.15) is 0 Å². The summed E-state index contributed by atoms with van der Waals surface area (Å²) in [7, 11) is 1.75. The molecule has 1 fully saturated rings. The molecule has 1 atom stereocenters. The van der Waals surface area contributed by atoms with Crippen LogP contribution in [0.25, 0.3) is 0 Å². The van der Waals surface area contributed by atoms with Crippen LogP contribution in [0.1, 0.15) is 30.9 Å². The number of benzene rings is 1. The highest BCUT2D eigenvalue weighted by Crippen LogP contribution is 2.23. The molecule has 2 heteroatoms. The standard InChI is InChI=1S/C15H23NO/c1-11-4-7-15(17-3)13(8-11)9-12(2)10-16-14-5-6-14/h4,7-8,12,14,16H,5-6,9-10H2,1-3H3. The van der Waals surface area contributed by atoms with E-state index >= 15 is 0 Å². The van der Waals surface area contributed by atoms with Crippen molar-refractivity contribution < 1.29 is 4.74 Å². The van der Waals surface area contributed by atoms with Crippen LogP contribution in [0.4, 0.5) is 0 Å². The molecule has 1 aliphatic carbocycles. The van der Waals surface area contributed by atoms with Gasteiger partial charge in [0.15, 0.2) is 0 Å². The zero-order chi connectivity index (χ0) is 12.3. The molecular weight excluding hydrogens is 210 g/mol. The molecule has 1 aromatic rings. The van der Waals surface area contributed by atoms with Crippen LogP contribution in [0.15, 0.2) is 18.2 Å². The fourth-order valence-corrected chi connectivity index (χ4v) is 2.17. The van der Waals surface area contributed by atoms with Gasteiger partial charge < -0.3 is 10.1 Å². The zero-order valence-corrected chi connectivity index (χ0v) is 11.1. The predicted octanol–water partition coefficient (Wildman–Crippen LogP) is 2.93. The lowest BCUT2D eigenvalue weighted by atomic mass is 9.98. The molecule has 0 aliphatic heterocycles. The minimum atomic E-state index is 0.659. The molecule has 1 N–H and O–H groups in total. The summed E-state index contributed by atoms with van der Waals surface area (Å²) in [5, 5.41) is 3.59. The summed E-state index contributed by atoms with van der Waals surface area (Å²) in [5.74, 6) is 1.68. The molecule has 0 bridgehead atoms. The number of aryl methyl sites for hydroxylation is 1. The second kappa shape index (κ2) is 5.54. The Bertz CT molecular complexity index is 371. The summed E-state index contributed by atoms with van der Waals surface area (Å²) in [4.78, 5) is 0. The van der Waals surface area contributed by atoms with Gasteiger partial charge in [0.05, 0.1) is 7.11 Å². The summed E-state index contributed by atoms with van der Waals surface area (Å²) in [6, 6.07) is 7.23. The topological polar surface area (TPSA) is 21.3 Å². The summed E-state index contributed by atoms with van der Waals surface area (Å²) in [5.41, 5.74) is 2.64. The number of nitrogens with one attached hydrogen (secondary N) is 1. The molecule has 1 unspecified atom stereocenters. The van der Waals surface area contributed by atoms with Crippen LogP contribution in [-0.2, 0) is 6.42 Å². The van der Waals surface area contributed by atoms with Gasteiger partial charge in [0.1, 0.15) is 5.75 Å². The van der Waals surface area contributed by atoms with Crippen molar-refractivity contribution in [2.24, 2.45) is 5.92 Å². The van der Waals surface area contributed by atoms with Crippen LogP contribution in [0, 0.1) is 12.8 Å². The molecule has 0 amide bonds. The lowest BCUT2D eigenvalue weighted by Gasteiger charge is -2.15. The Labute approximate surface area is 104 Å². The summed E-state index contributed by atoms with van der Waals surface area (Å²) >= 11 is 0. The van der Waals surface area contributed by atoms with E-state index in [1.165, 1.54) is 24.0 Å². The molecule has 0 saturated heterocycles. The van der Waals surface area contributed by atoms with Crippen LogP contribution < -0.4 is 10.1 Å². The predicted molar refractivity (Wildman–Crippen MR) is 71.6 cm³/mol. The fourth-order valence-electron chi connectivity index (χ4n) is 2.17. The number of ether oxygens (including phenoxy) is 1. The summed E-state index contributed by atoms with van der Waals surface area (Å²) < 4.78 is 5.42. The third-order valence-corrected chi connectivity index (χ3v) is 3.34. The van der Waals surface area contributed by atoms with E-state index in [9.17, 15) is 0 Å². The van der Waals surface area contributed by atoms with Gasteiger partial charge in [0.25, 0.3) is 0 Å². The average molecular weight is 233 g/mol. The van der Waals surface area contributed by atoms with Gasteiger partial charge in [0, 0.05) is 6.04 Å². The second-order valence-corrected chi connectivity index (χ2v) is 5.31. The van der Waals surface area contributed by atoms with Crippen LogP contribution in [0.5, 0.6) is 5.75 Å². The Morgan fingerprint density at radius 1 is 1.41 bits per heavy atom. The monoisotopic (exact) mass is 233 g/mol. The van der Waals surface area contributed by atoms with Gasteiger partial charge in [-0.15, -0.1) is 0 Å². The van der Waals surface area contributed by atoms with Gasteiger partial charge >= 0.3 is 0 Å². The first-order valence-electron chi connectivity index (χ1n) is 6.56. The van der Waals surface area contributed by atoms with Crippen molar-refractivity contribution in [3.63, 3.8) is 0 Å². The van der Waals surface area contributed by atoms with Crippen molar-refractivity contribution in [1.82, 2.24) is 5.32 Å². The van der Waals surface area contributed by atoms with E-state index in [1.54, 1.807) is 7.11 Å². The SMILES string of the molecule is COc1ccc(C)cc1CC(C)CNC1CC1. The molecule has 1 aromatic carbocycles. The first-order valence-corrected chi connectivity index (χ1v) is 6.56. The van der Waals surface area contributed by atoms with Crippen LogP contribution in [0.3, 0.4) is 0 Å². The third kappa shape index (κ3) is 3.74. The zero-order valence-electron chi connectivity index (χ0n) is 11.1. The maximum Gasteiger partial charge on any atom is 0.122 e. The molecular formula is C15H23NO. The van der Waals surface area contributed by atoms with E-state index in [1.807, 2.05) is 0 Å². The number of hydrogen-bond acceptors (Lipinski definition) is 2. The van der Waals surface area contributed by atoms with Crippen molar-refractivity contribution in [3.05, 3.63) is 29.3 Å². The van der Waals surface area contributed by atoms with E-state index in [-0.39, 0.29) is 0 Å². The first kappa shape index (κ1) is 12.4. The quantitative estimate of drug-likeness (QED) is 0.815. The van der Waals surface area contributed by atoms with E-state index in [0.717, 1.165) is 24.8 Å². The number of hydrogen-bond donors (Lipinski definition) is 1. The molecule has 94 valence electrons. The Morgan fingerprint density at radius 2 is 2.18 bits per heavy atom. The maximum absolute atomic E-state index is 5.42. The average Bonchev–Trinajstić information content (AvgIpc) is 3.10. The lowest BCUT2D eigenvalue weighted by molar-refractivity contribution is 0.403. The van der Waals surface area contributed by atoms with Crippen molar-refractivity contribution in [2.75, 3.05) is 13.7 Å². The minimum Gasteiger partial charge on any atom is -0.496 e. The second-order valence-electron chi connectivity index (χ2n) is 5.31. The number of methoxy groups -OCH3 is 1. The van der Waals surface area contributed by atoms with Crippen LogP contribution >= 0.6 is 0 Å². The van der Waals surface area contributed by atoms with Crippen LogP contribution in [-0.4, -0.2) is 19.7 Å². The van der Waals surface area contributed by atoms with E-state index < -0.39 is 0 Å². The molecule has 0 radical (unpaired) electrons. The molecule has 2 rings (SSSR count).